The Hall–Kier alpha value is -0.0900. The van der Waals surface area contributed by atoms with E-state index < -0.39 is 0 Å². The van der Waals surface area contributed by atoms with Gasteiger partial charge in [0.1, 0.15) is 0 Å². The molecule has 0 aromatic heterocycles. The summed E-state index contributed by atoms with van der Waals surface area (Å²) in [5, 5.41) is 3.32. The van der Waals surface area contributed by atoms with Crippen LogP contribution in [0.4, 0.5) is 0 Å². The third kappa shape index (κ3) is 2.48. The SMILES string of the molecule is Cl/C=C/CN1CCN(C2CNC2)CC1. The van der Waals surface area contributed by atoms with Gasteiger partial charge in [-0.1, -0.05) is 17.7 Å². The molecule has 1 N–H and O–H groups in total. The first-order valence-corrected chi connectivity index (χ1v) is 5.76. The molecule has 4 heteroatoms. The normalized spacial score (nSPS) is 26.9. The molecule has 0 amide bonds. The predicted octanol–water partition coefficient (Wildman–Crippen LogP) is 0.328. The number of hydrogen-bond acceptors (Lipinski definition) is 3. The van der Waals surface area contributed by atoms with Crippen LogP contribution < -0.4 is 5.32 Å². The van der Waals surface area contributed by atoms with Crippen LogP contribution in [0.1, 0.15) is 0 Å². The Labute approximate surface area is 90.7 Å². The second kappa shape index (κ2) is 5.12. The van der Waals surface area contributed by atoms with Crippen molar-refractivity contribution in [2.24, 2.45) is 0 Å². The highest BCUT2D eigenvalue weighted by atomic mass is 35.5. The van der Waals surface area contributed by atoms with Crippen LogP contribution in [0, 0.1) is 0 Å². The molecule has 0 saturated carbocycles. The molecule has 0 bridgehead atoms. The predicted molar refractivity (Wildman–Crippen MR) is 59.7 cm³/mol. The maximum atomic E-state index is 5.51. The van der Waals surface area contributed by atoms with Crippen LogP contribution in [0.2, 0.25) is 0 Å². The van der Waals surface area contributed by atoms with Gasteiger partial charge in [-0.2, -0.15) is 0 Å². The number of rotatable bonds is 3. The molecule has 80 valence electrons. The van der Waals surface area contributed by atoms with Crippen LogP contribution in [0.5, 0.6) is 0 Å². The highest BCUT2D eigenvalue weighted by Gasteiger charge is 2.26. The summed E-state index contributed by atoms with van der Waals surface area (Å²) in [5.41, 5.74) is 1.61. The van der Waals surface area contributed by atoms with Gasteiger partial charge in [0.15, 0.2) is 0 Å². The maximum absolute atomic E-state index is 5.51. The van der Waals surface area contributed by atoms with E-state index in [-0.39, 0.29) is 0 Å². The molecule has 2 aliphatic rings. The van der Waals surface area contributed by atoms with E-state index in [0.717, 1.165) is 12.6 Å². The Morgan fingerprint density at radius 2 is 1.93 bits per heavy atom. The summed E-state index contributed by atoms with van der Waals surface area (Å²) < 4.78 is 0. The highest BCUT2D eigenvalue weighted by Crippen LogP contribution is 2.09. The van der Waals surface area contributed by atoms with Gasteiger partial charge in [-0.15, -0.1) is 0 Å². The molecule has 0 spiro atoms. The lowest BCUT2D eigenvalue weighted by Crippen LogP contribution is -2.61. The molecule has 0 aromatic carbocycles. The first-order chi connectivity index (χ1) is 6.90. The lowest BCUT2D eigenvalue weighted by atomic mass is 10.1. The van der Waals surface area contributed by atoms with Crippen LogP contribution in [0.15, 0.2) is 11.6 Å². The van der Waals surface area contributed by atoms with Crippen molar-refractivity contribution in [3.05, 3.63) is 11.6 Å². The zero-order valence-electron chi connectivity index (χ0n) is 8.45. The molecule has 0 atom stereocenters. The minimum absolute atomic E-state index is 0.806. The van der Waals surface area contributed by atoms with Gasteiger partial charge in [0.2, 0.25) is 0 Å². The lowest BCUT2D eigenvalue weighted by Gasteiger charge is -2.43. The third-order valence-corrected chi connectivity index (χ3v) is 3.31. The van der Waals surface area contributed by atoms with Crippen LogP contribution in [0.3, 0.4) is 0 Å². The van der Waals surface area contributed by atoms with Gasteiger partial charge in [0.25, 0.3) is 0 Å². The van der Waals surface area contributed by atoms with Crippen LogP contribution in [-0.2, 0) is 0 Å². The summed E-state index contributed by atoms with van der Waals surface area (Å²) in [6.45, 7) is 8.14. The summed E-state index contributed by atoms with van der Waals surface area (Å²) in [6.07, 6.45) is 2.02. The van der Waals surface area contributed by atoms with Gasteiger partial charge in [0, 0.05) is 57.4 Å². The Bertz CT molecular complexity index is 196. The number of nitrogens with one attached hydrogen (secondary N) is 1. The van der Waals surface area contributed by atoms with E-state index in [4.69, 9.17) is 11.6 Å². The van der Waals surface area contributed by atoms with E-state index in [0.29, 0.717) is 0 Å². The van der Waals surface area contributed by atoms with E-state index in [9.17, 15) is 0 Å². The van der Waals surface area contributed by atoms with E-state index in [1.807, 2.05) is 6.08 Å². The Morgan fingerprint density at radius 1 is 1.21 bits per heavy atom. The van der Waals surface area contributed by atoms with E-state index in [1.165, 1.54) is 39.3 Å². The molecule has 2 heterocycles. The van der Waals surface area contributed by atoms with E-state index in [2.05, 4.69) is 15.1 Å². The fourth-order valence-electron chi connectivity index (χ4n) is 2.03. The number of piperazine rings is 1. The second-order valence-electron chi connectivity index (χ2n) is 4.01. The van der Waals surface area contributed by atoms with Gasteiger partial charge in [-0.25, -0.2) is 0 Å². The smallest absolute Gasteiger partial charge is 0.0346 e. The second-order valence-corrected chi connectivity index (χ2v) is 4.26. The third-order valence-electron chi connectivity index (χ3n) is 3.14. The molecule has 0 radical (unpaired) electrons. The zero-order valence-corrected chi connectivity index (χ0v) is 9.21. The molecule has 0 aromatic rings. The van der Waals surface area contributed by atoms with Crippen molar-refractivity contribution >= 4 is 11.6 Å². The standard InChI is InChI=1S/C10H18ClN3/c11-2-1-3-13-4-6-14(7-5-13)10-8-12-9-10/h1-2,10,12H,3-9H2/b2-1+. The first-order valence-electron chi connectivity index (χ1n) is 5.32. The lowest BCUT2D eigenvalue weighted by molar-refractivity contribution is 0.0782. The van der Waals surface area contributed by atoms with Gasteiger partial charge in [0.05, 0.1) is 0 Å². The number of hydrogen-bond donors (Lipinski definition) is 1. The van der Waals surface area contributed by atoms with Crippen LogP contribution >= 0.6 is 11.6 Å². The minimum Gasteiger partial charge on any atom is -0.314 e. The topological polar surface area (TPSA) is 18.5 Å². The molecule has 3 nitrogen and oxygen atoms in total. The zero-order chi connectivity index (χ0) is 9.80. The molecular weight excluding hydrogens is 198 g/mol. The summed E-state index contributed by atoms with van der Waals surface area (Å²) in [4.78, 5) is 5.04. The van der Waals surface area contributed by atoms with Crippen molar-refractivity contribution in [2.45, 2.75) is 6.04 Å². The van der Waals surface area contributed by atoms with Crippen molar-refractivity contribution in [1.82, 2.24) is 15.1 Å². The molecular formula is C10H18ClN3. The van der Waals surface area contributed by atoms with Crippen molar-refractivity contribution in [1.29, 1.82) is 0 Å². The molecule has 2 fully saturated rings. The fourth-order valence-corrected chi connectivity index (χ4v) is 2.11. The van der Waals surface area contributed by atoms with Crippen LogP contribution in [0.25, 0.3) is 0 Å². The monoisotopic (exact) mass is 215 g/mol. The Balaban J connectivity index is 1.69. The number of halogens is 1. The minimum atomic E-state index is 0.806. The van der Waals surface area contributed by atoms with Gasteiger partial charge in [-0.05, 0) is 0 Å². The maximum Gasteiger partial charge on any atom is 0.0346 e. The summed E-state index contributed by atoms with van der Waals surface area (Å²) >= 11 is 5.51. The van der Waals surface area contributed by atoms with Crippen molar-refractivity contribution in [3.8, 4) is 0 Å². The highest BCUT2D eigenvalue weighted by molar-refractivity contribution is 6.25. The molecule has 14 heavy (non-hydrogen) atoms. The summed E-state index contributed by atoms with van der Waals surface area (Å²) in [7, 11) is 0. The van der Waals surface area contributed by atoms with Crippen LogP contribution in [-0.4, -0.2) is 61.7 Å². The molecule has 2 aliphatic heterocycles. The molecule has 2 rings (SSSR count). The molecule has 2 saturated heterocycles. The van der Waals surface area contributed by atoms with Crippen molar-refractivity contribution in [3.63, 3.8) is 0 Å². The number of nitrogens with zero attached hydrogens (tertiary/aromatic N) is 2. The molecule has 0 unspecified atom stereocenters. The average Bonchev–Trinajstić information content (AvgIpc) is 2.14. The van der Waals surface area contributed by atoms with E-state index >= 15 is 0 Å². The first kappa shape index (κ1) is 10.4. The Morgan fingerprint density at radius 3 is 2.43 bits per heavy atom. The molecule has 0 aliphatic carbocycles. The van der Waals surface area contributed by atoms with Crippen molar-refractivity contribution < 1.29 is 0 Å². The summed E-state index contributed by atoms with van der Waals surface area (Å²) in [6, 6.07) is 0.806. The van der Waals surface area contributed by atoms with Crippen molar-refractivity contribution in [2.75, 3.05) is 45.8 Å². The van der Waals surface area contributed by atoms with Gasteiger partial charge >= 0.3 is 0 Å². The average molecular weight is 216 g/mol. The quantitative estimate of drug-likeness (QED) is 0.732. The van der Waals surface area contributed by atoms with E-state index in [1.54, 1.807) is 5.54 Å². The van der Waals surface area contributed by atoms with Gasteiger partial charge < -0.3 is 5.32 Å². The largest absolute Gasteiger partial charge is 0.314 e. The van der Waals surface area contributed by atoms with Gasteiger partial charge in [-0.3, -0.25) is 9.80 Å². The fraction of sp³-hybridized carbons (Fsp3) is 0.800. The summed E-state index contributed by atoms with van der Waals surface area (Å²) in [5.74, 6) is 0. The Kier molecular flexibility index (Phi) is 3.81.